The number of imidazole rings is 1. The van der Waals surface area contributed by atoms with Crippen LogP contribution in [0.2, 0.25) is 0 Å². The molecule has 62 heavy (non-hydrogen) atoms. The lowest BCUT2D eigenvalue weighted by molar-refractivity contribution is 0.446. The van der Waals surface area contributed by atoms with Gasteiger partial charge in [0.25, 0.3) is 0 Å². The highest BCUT2D eigenvalue weighted by molar-refractivity contribution is 5.97. The van der Waals surface area contributed by atoms with Gasteiger partial charge in [-0.05, 0) is 115 Å². The van der Waals surface area contributed by atoms with E-state index in [9.17, 15) is 5.11 Å². The summed E-state index contributed by atoms with van der Waals surface area (Å²) >= 11 is 0. The van der Waals surface area contributed by atoms with Gasteiger partial charge >= 0.3 is 0 Å². The Morgan fingerprint density at radius 1 is 0.516 bits per heavy atom. The normalized spacial score (nSPS) is 16.2. The fourth-order valence-corrected chi connectivity index (χ4v) is 7.77. The highest BCUT2D eigenvalue weighted by Crippen LogP contribution is 2.45. The van der Waals surface area contributed by atoms with Gasteiger partial charge in [0.05, 0.1) is 27.8 Å². The van der Waals surface area contributed by atoms with Crippen molar-refractivity contribution in [3.8, 4) is 67.5 Å². The van der Waals surface area contributed by atoms with E-state index in [1.54, 1.807) is 6.07 Å². The van der Waals surface area contributed by atoms with Crippen LogP contribution < -0.4 is 0 Å². The number of aromatic nitrogens is 3. The van der Waals surface area contributed by atoms with E-state index in [1.807, 2.05) is 54.6 Å². The van der Waals surface area contributed by atoms with E-state index in [4.69, 9.17) is 27.8 Å². The standard InChI is InChI=1S/C58H61N3O/c1-55(2,3)43-25-21-39(22-26-43)40-29-30-59-50(34-40)42-31-41(32-44(33-42)56(4,5)6)47-19-16-20-51-52(47)60-54(48-35-45(57(7,8)9)36-49(53(48)62)58(10,11)12)61(51)46-27-23-38(24-28-46)37-17-14-13-15-18-37/h13-36,62H,1-12H3/i1D3,2D3,3D3,21D,22D,25D,26D. The molecule has 0 aliphatic rings. The second-order valence-corrected chi connectivity index (χ2v) is 19.3. The maximum absolute atomic E-state index is 12.4. The Hall–Kier alpha value is -6.26. The van der Waals surface area contributed by atoms with Crippen LogP contribution in [0.25, 0.3) is 72.7 Å². The molecule has 2 aromatic heterocycles. The predicted octanol–water partition coefficient (Wildman–Crippen LogP) is 15.7. The Morgan fingerprint density at radius 3 is 1.81 bits per heavy atom. The molecule has 8 aromatic rings. The molecule has 0 spiro atoms. The third-order valence-corrected chi connectivity index (χ3v) is 11.4. The number of fused-ring (bicyclic) bond motifs is 1. The average molecular weight is 829 g/mol. The molecule has 4 heteroatoms. The van der Waals surface area contributed by atoms with E-state index in [1.165, 1.54) is 12.3 Å². The Morgan fingerprint density at radius 2 is 1.16 bits per heavy atom. The van der Waals surface area contributed by atoms with Crippen LogP contribution in [-0.2, 0) is 21.7 Å². The molecule has 0 fully saturated rings. The number of rotatable bonds is 6. The number of phenolic OH excluding ortho intramolecular Hbond substituents is 1. The zero-order chi connectivity index (χ0) is 55.3. The van der Waals surface area contributed by atoms with Gasteiger partial charge in [0.2, 0.25) is 0 Å². The van der Waals surface area contributed by atoms with Crippen molar-refractivity contribution in [3.63, 3.8) is 0 Å². The highest BCUT2D eigenvalue weighted by atomic mass is 16.3. The number of para-hydroxylation sites is 1. The van der Waals surface area contributed by atoms with Crippen molar-refractivity contribution in [3.05, 3.63) is 168 Å². The maximum atomic E-state index is 12.4. The van der Waals surface area contributed by atoms with Crippen LogP contribution in [0.1, 0.15) is 123 Å². The number of benzene rings is 6. The molecule has 0 bridgehead atoms. The van der Waals surface area contributed by atoms with Crippen LogP contribution >= 0.6 is 0 Å². The first-order valence-electron chi connectivity index (χ1n) is 27.4. The Balaban J connectivity index is 1.37. The molecular weight excluding hydrogens is 755 g/mol. The number of hydrogen-bond acceptors (Lipinski definition) is 3. The smallest absolute Gasteiger partial charge is 0.149 e. The summed E-state index contributed by atoms with van der Waals surface area (Å²) in [4.78, 5) is 10.2. The first kappa shape index (κ1) is 29.1. The molecule has 6 aromatic carbocycles. The van der Waals surface area contributed by atoms with Gasteiger partial charge < -0.3 is 5.11 Å². The number of phenols is 1. The predicted molar refractivity (Wildman–Crippen MR) is 263 cm³/mol. The van der Waals surface area contributed by atoms with Crippen molar-refractivity contribution in [1.29, 1.82) is 0 Å². The molecule has 2 heterocycles. The van der Waals surface area contributed by atoms with E-state index in [2.05, 4.69) is 115 Å². The largest absolute Gasteiger partial charge is 0.507 e. The number of hydrogen-bond donors (Lipinski definition) is 1. The van der Waals surface area contributed by atoms with Crippen molar-refractivity contribution < 1.29 is 22.9 Å². The minimum atomic E-state index is -3.80. The fourth-order valence-electron chi connectivity index (χ4n) is 7.77. The summed E-state index contributed by atoms with van der Waals surface area (Å²) in [6.45, 7) is 7.50. The second-order valence-electron chi connectivity index (χ2n) is 19.3. The maximum Gasteiger partial charge on any atom is 0.149 e. The zero-order valence-corrected chi connectivity index (χ0v) is 36.8. The zero-order valence-electron chi connectivity index (χ0n) is 49.8. The first-order chi connectivity index (χ1) is 34.6. The number of pyridine rings is 1. The van der Waals surface area contributed by atoms with Gasteiger partial charge in [0.15, 0.2) is 0 Å². The molecule has 314 valence electrons. The lowest BCUT2D eigenvalue weighted by Gasteiger charge is -2.27. The van der Waals surface area contributed by atoms with Crippen LogP contribution in [-0.4, -0.2) is 19.6 Å². The number of nitrogens with zero attached hydrogens (tertiary/aromatic N) is 3. The molecule has 4 nitrogen and oxygen atoms in total. The molecule has 8 rings (SSSR count). The Kier molecular flexibility index (Phi) is 7.32. The van der Waals surface area contributed by atoms with Crippen molar-refractivity contribution in [2.45, 2.75) is 105 Å². The van der Waals surface area contributed by atoms with Gasteiger partial charge in [-0.25, -0.2) is 4.98 Å². The molecule has 0 radical (unpaired) electrons. The van der Waals surface area contributed by atoms with Crippen molar-refractivity contribution in [2.75, 3.05) is 0 Å². The Labute approximate surface area is 387 Å². The van der Waals surface area contributed by atoms with Gasteiger partial charge in [-0.3, -0.25) is 9.55 Å². The van der Waals surface area contributed by atoms with Crippen LogP contribution in [0.15, 0.2) is 146 Å². The molecular formula is C58H61N3O. The van der Waals surface area contributed by atoms with Crippen LogP contribution in [0.5, 0.6) is 5.75 Å². The van der Waals surface area contributed by atoms with E-state index < -0.39 is 66.5 Å². The van der Waals surface area contributed by atoms with Crippen molar-refractivity contribution >= 4 is 11.0 Å². The third-order valence-electron chi connectivity index (χ3n) is 11.4. The molecule has 0 saturated heterocycles. The molecule has 0 unspecified atom stereocenters. The van der Waals surface area contributed by atoms with Crippen LogP contribution in [0.3, 0.4) is 0 Å². The summed E-state index contributed by atoms with van der Waals surface area (Å²) in [6.07, 6.45) is 1.44. The molecule has 1 N–H and O–H groups in total. The summed E-state index contributed by atoms with van der Waals surface area (Å²) in [5.74, 6) is 0.681. The topological polar surface area (TPSA) is 50.9 Å². The summed E-state index contributed by atoms with van der Waals surface area (Å²) in [7, 11) is 0. The lowest BCUT2D eigenvalue weighted by atomic mass is 9.79. The van der Waals surface area contributed by atoms with Crippen molar-refractivity contribution in [1.82, 2.24) is 14.5 Å². The van der Waals surface area contributed by atoms with Gasteiger partial charge in [-0.1, -0.05) is 174 Å². The van der Waals surface area contributed by atoms with Crippen LogP contribution in [0, 0.1) is 0 Å². The lowest BCUT2D eigenvalue weighted by Crippen LogP contribution is -2.17. The minimum Gasteiger partial charge on any atom is -0.507 e. The van der Waals surface area contributed by atoms with Crippen molar-refractivity contribution in [2.24, 2.45) is 0 Å². The Bertz CT molecular complexity index is 3430. The highest BCUT2D eigenvalue weighted by Gasteiger charge is 2.29. The number of aromatic hydroxyl groups is 1. The summed E-state index contributed by atoms with van der Waals surface area (Å²) in [5.41, 5.74) is 4.00. The minimum absolute atomic E-state index is 0.139. The monoisotopic (exact) mass is 829 g/mol. The quantitative estimate of drug-likeness (QED) is 0.182. The third kappa shape index (κ3) is 8.36. The SMILES string of the molecule is [2H]c1c([2H])c(C(C([2H])([2H])[2H])(C([2H])([2H])[2H])C([2H])([2H])[2H])c([2H])c([2H])c1-c1ccnc(-c2cc(-c3cccc4c3nc(-c3cc(C(C)(C)C)cc(C(C)(C)C)c3O)n4-c3ccc(-c4ccccc4)cc3)cc(C(C)(C)C)c2)c1. The van der Waals surface area contributed by atoms with Gasteiger partial charge in [-0.2, -0.15) is 0 Å². The van der Waals surface area contributed by atoms with E-state index in [0.717, 1.165) is 50.1 Å². The molecule has 0 saturated carbocycles. The van der Waals surface area contributed by atoms with E-state index in [-0.39, 0.29) is 22.3 Å². The van der Waals surface area contributed by atoms with E-state index >= 15 is 0 Å². The molecule has 0 atom stereocenters. The first-order valence-corrected chi connectivity index (χ1v) is 20.9. The van der Waals surface area contributed by atoms with Gasteiger partial charge in [0, 0.05) is 40.9 Å². The fraction of sp³-hybridized carbons (Fsp3) is 0.276. The molecule has 0 aliphatic carbocycles. The summed E-state index contributed by atoms with van der Waals surface area (Å²) in [6, 6.07) is 33.8. The summed E-state index contributed by atoms with van der Waals surface area (Å²) < 4.78 is 112. The van der Waals surface area contributed by atoms with Gasteiger partial charge in [-0.15, -0.1) is 0 Å². The molecule has 0 amide bonds. The summed E-state index contributed by atoms with van der Waals surface area (Å²) in [5, 5.41) is 12.4. The molecule has 0 aliphatic heterocycles. The van der Waals surface area contributed by atoms with E-state index in [0.29, 0.717) is 28.2 Å². The average Bonchev–Trinajstić information content (AvgIpc) is 3.70. The second kappa shape index (κ2) is 15.6. The van der Waals surface area contributed by atoms with Crippen LogP contribution in [0.4, 0.5) is 0 Å². The van der Waals surface area contributed by atoms with Gasteiger partial charge in [0.1, 0.15) is 11.6 Å².